The van der Waals surface area contributed by atoms with Crippen LogP contribution in [0.1, 0.15) is 86.0 Å². The Morgan fingerprint density at radius 1 is 1.05 bits per heavy atom. The zero-order chi connectivity index (χ0) is 14.6. The van der Waals surface area contributed by atoms with Gasteiger partial charge in [0, 0.05) is 0 Å². The summed E-state index contributed by atoms with van der Waals surface area (Å²) in [5, 5.41) is 0. The molecule has 0 aliphatic carbocycles. The molecule has 0 heterocycles. The molecular formula is C18H34O. The first-order valence-electron chi connectivity index (χ1n) is 8.15. The minimum absolute atomic E-state index is 0.139. The molecule has 0 aromatic heterocycles. The summed E-state index contributed by atoms with van der Waals surface area (Å²) < 4.78 is 6.06. The number of rotatable bonds is 11. The number of hydrogen-bond donors (Lipinski definition) is 0. The fourth-order valence-electron chi connectivity index (χ4n) is 1.84. The highest BCUT2D eigenvalue weighted by Gasteiger charge is 2.18. The summed E-state index contributed by atoms with van der Waals surface area (Å²) in [6.45, 7) is 11.0. The summed E-state index contributed by atoms with van der Waals surface area (Å²) in [5.41, 5.74) is 1.30. The highest BCUT2D eigenvalue weighted by molar-refractivity contribution is 5.03. The number of unbranched alkanes of at least 4 members (excludes halogenated alkanes) is 3. The first-order chi connectivity index (χ1) is 9.11. The summed E-state index contributed by atoms with van der Waals surface area (Å²) in [7, 11) is 0. The van der Waals surface area contributed by atoms with Gasteiger partial charge in [-0.2, -0.15) is 0 Å². The van der Waals surface area contributed by atoms with Crippen LogP contribution in [0, 0.1) is 0 Å². The fraction of sp³-hybridized carbons (Fsp3) is 0.778. The standard InChI is InChI=1S/C18H34O/c1-6-10-12-13-15-18(5,9-4)19-16-17(8-3)14-11-7-2/h13,15-16H,6-12,14H2,1-5H3. The van der Waals surface area contributed by atoms with Gasteiger partial charge in [-0.15, -0.1) is 0 Å². The minimum atomic E-state index is -0.139. The monoisotopic (exact) mass is 266 g/mol. The van der Waals surface area contributed by atoms with Crippen LogP contribution in [0.5, 0.6) is 0 Å². The van der Waals surface area contributed by atoms with Crippen LogP contribution in [0.25, 0.3) is 0 Å². The number of ether oxygens (including phenoxy) is 1. The maximum Gasteiger partial charge on any atom is 0.123 e. The topological polar surface area (TPSA) is 9.23 Å². The van der Waals surface area contributed by atoms with Gasteiger partial charge in [-0.05, 0) is 50.7 Å². The number of allylic oxidation sites excluding steroid dienone is 2. The van der Waals surface area contributed by atoms with Crippen LogP contribution in [0.2, 0.25) is 0 Å². The van der Waals surface area contributed by atoms with Crippen molar-refractivity contribution in [3.8, 4) is 0 Å². The Balaban J connectivity index is 4.41. The third-order valence-corrected chi connectivity index (χ3v) is 3.70. The normalized spacial score (nSPS) is 15.7. The average Bonchev–Trinajstić information content (AvgIpc) is 2.44. The Morgan fingerprint density at radius 3 is 2.26 bits per heavy atom. The molecule has 0 saturated carbocycles. The van der Waals surface area contributed by atoms with E-state index in [1.54, 1.807) is 0 Å². The van der Waals surface area contributed by atoms with Gasteiger partial charge in [0.2, 0.25) is 0 Å². The third-order valence-electron chi connectivity index (χ3n) is 3.70. The first-order valence-corrected chi connectivity index (χ1v) is 8.15. The predicted molar refractivity (Wildman–Crippen MR) is 86.3 cm³/mol. The van der Waals surface area contributed by atoms with Gasteiger partial charge in [0.05, 0.1) is 6.26 Å². The Morgan fingerprint density at radius 2 is 1.74 bits per heavy atom. The van der Waals surface area contributed by atoms with Crippen molar-refractivity contribution in [2.75, 3.05) is 0 Å². The van der Waals surface area contributed by atoms with E-state index in [1.807, 2.05) is 6.26 Å². The average molecular weight is 266 g/mol. The molecule has 0 bridgehead atoms. The van der Waals surface area contributed by atoms with Crippen molar-refractivity contribution < 1.29 is 4.74 Å². The van der Waals surface area contributed by atoms with E-state index < -0.39 is 0 Å². The van der Waals surface area contributed by atoms with E-state index in [4.69, 9.17) is 4.74 Å². The van der Waals surface area contributed by atoms with Gasteiger partial charge in [-0.25, -0.2) is 0 Å². The maximum atomic E-state index is 6.06. The molecule has 1 unspecified atom stereocenters. The Kier molecular flexibility index (Phi) is 10.7. The Hall–Kier alpha value is -0.720. The van der Waals surface area contributed by atoms with Crippen LogP contribution in [0.4, 0.5) is 0 Å². The van der Waals surface area contributed by atoms with Gasteiger partial charge in [-0.1, -0.05) is 53.0 Å². The van der Waals surface area contributed by atoms with Crippen LogP contribution in [0.3, 0.4) is 0 Å². The molecule has 0 N–H and O–H groups in total. The molecule has 0 aromatic rings. The van der Waals surface area contributed by atoms with Crippen molar-refractivity contribution in [3.05, 3.63) is 24.0 Å². The van der Waals surface area contributed by atoms with Crippen molar-refractivity contribution in [1.29, 1.82) is 0 Å². The van der Waals surface area contributed by atoms with Crippen LogP contribution in [-0.2, 0) is 4.74 Å². The fourth-order valence-corrected chi connectivity index (χ4v) is 1.84. The molecule has 1 nitrogen and oxygen atoms in total. The van der Waals surface area contributed by atoms with Crippen molar-refractivity contribution in [2.24, 2.45) is 0 Å². The second-order valence-corrected chi connectivity index (χ2v) is 5.56. The van der Waals surface area contributed by atoms with E-state index in [-0.39, 0.29) is 5.60 Å². The molecule has 0 spiro atoms. The zero-order valence-electron chi connectivity index (χ0n) is 13.8. The second-order valence-electron chi connectivity index (χ2n) is 5.56. The minimum Gasteiger partial charge on any atom is -0.491 e. The van der Waals surface area contributed by atoms with Crippen LogP contribution in [-0.4, -0.2) is 5.60 Å². The maximum absolute atomic E-state index is 6.06. The smallest absolute Gasteiger partial charge is 0.123 e. The van der Waals surface area contributed by atoms with Gasteiger partial charge in [-0.3, -0.25) is 0 Å². The molecule has 0 saturated heterocycles. The van der Waals surface area contributed by atoms with E-state index in [2.05, 4.69) is 46.8 Å². The summed E-state index contributed by atoms with van der Waals surface area (Å²) in [4.78, 5) is 0. The Bertz CT molecular complexity index is 265. The lowest BCUT2D eigenvalue weighted by atomic mass is 10.0. The summed E-state index contributed by atoms with van der Waals surface area (Å²) >= 11 is 0. The molecule has 1 heteroatoms. The number of hydrogen-bond acceptors (Lipinski definition) is 1. The SMILES string of the molecule is CCCCC=CC(C)(CC)OC=C(CC)CCCC. The lowest BCUT2D eigenvalue weighted by Crippen LogP contribution is -2.22. The van der Waals surface area contributed by atoms with Crippen molar-refractivity contribution in [1.82, 2.24) is 0 Å². The predicted octanol–water partition coefficient (Wildman–Crippen LogP) is 6.40. The summed E-state index contributed by atoms with van der Waals surface area (Å²) in [6.07, 6.45) is 16.0. The van der Waals surface area contributed by atoms with Gasteiger partial charge in [0.25, 0.3) is 0 Å². The highest BCUT2D eigenvalue weighted by Crippen LogP contribution is 2.21. The van der Waals surface area contributed by atoms with Crippen LogP contribution < -0.4 is 0 Å². The third kappa shape index (κ3) is 8.91. The highest BCUT2D eigenvalue weighted by atomic mass is 16.5. The summed E-state index contributed by atoms with van der Waals surface area (Å²) in [6, 6.07) is 0. The second kappa shape index (κ2) is 11.1. The molecule has 0 amide bonds. The molecule has 19 heavy (non-hydrogen) atoms. The van der Waals surface area contributed by atoms with Crippen LogP contribution in [0.15, 0.2) is 24.0 Å². The van der Waals surface area contributed by atoms with Crippen molar-refractivity contribution >= 4 is 0 Å². The van der Waals surface area contributed by atoms with E-state index >= 15 is 0 Å². The van der Waals surface area contributed by atoms with Gasteiger partial charge < -0.3 is 4.74 Å². The first kappa shape index (κ1) is 18.3. The van der Waals surface area contributed by atoms with Gasteiger partial charge in [0.1, 0.15) is 5.60 Å². The largest absolute Gasteiger partial charge is 0.491 e. The molecule has 0 aliphatic rings. The molecule has 0 rings (SSSR count). The van der Waals surface area contributed by atoms with E-state index in [1.165, 1.54) is 37.7 Å². The quantitative estimate of drug-likeness (QED) is 0.239. The molecule has 0 aliphatic heterocycles. The van der Waals surface area contributed by atoms with Crippen molar-refractivity contribution in [2.45, 2.75) is 91.6 Å². The van der Waals surface area contributed by atoms with Crippen molar-refractivity contribution in [3.63, 3.8) is 0 Å². The zero-order valence-corrected chi connectivity index (χ0v) is 13.8. The van der Waals surface area contributed by atoms with E-state index in [0.717, 1.165) is 19.3 Å². The molecule has 0 radical (unpaired) electrons. The molecular weight excluding hydrogens is 232 g/mol. The Labute approximate surface area is 121 Å². The van der Waals surface area contributed by atoms with E-state index in [9.17, 15) is 0 Å². The molecule has 0 aromatic carbocycles. The van der Waals surface area contributed by atoms with Crippen LogP contribution >= 0.6 is 0 Å². The lowest BCUT2D eigenvalue weighted by molar-refractivity contribution is 0.0799. The van der Waals surface area contributed by atoms with Gasteiger partial charge >= 0.3 is 0 Å². The summed E-state index contributed by atoms with van der Waals surface area (Å²) in [5.74, 6) is 0. The molecule has 0 fully saturated rings. The molecule has 1 atom stereocenters. The van der Waals surface area contributed by atoms with E-state index in [0.29, 0.717) is 0 Å². The lowest BCUT2D eigenvalue weighted by Gasteiger charge is -2.25. The van der Waals surface area contributed by atoms with Gasteiger partial charge in [0.15, 0.2) is 0 Å². The molecule has 112 valence electrons.